The monoisotopic (exact) mass is 697 g/mol. The van der Waals surface area contributed by atoms with Gasteiger partial charge in [0.05, 0.1) is 11.0 Å². The summed E-state index contributed by atoms with van der Waals surface area (Å²) < 4.78 is 79.2. The maximum atomic E-state index is 9.48. The van der Waals surface area contributed by atoms with E-state index >= 15 is 0 Å². The third kappa shape index (κ3) is 5.81. The van der Waals surface area contributed by atoms with Crippen molar-refractivity contribution < 1.29 is 15.4 Å². The van der Waals surface area contributed by atoms with E-state index in [9.17, 15) is 6.85 Å². The molecule has 0 aliphatic carbocycles. The molecule has 254 valence electrons. The van der Waals surface area contributed by atoms with Crippen molar-refractivity contribution in [2.24, 2.45) is 0 Å². The average molecular weight is 698 g/mol. The normalized spacial score (nSPS) is 13.4. The third-order valence-corrected chi connectivity index (χ3v) is 9.78. The van der Waals surface area contributed by atoms with Gasteiger partial charge in [0.25, 0.3) is 0 Å². The molecular weight excluding hydrogens is 655 g/mol. The maximum absolute atomic E-state index is 9.48. The summed E-state index contributed by atoms with van der Waals surface area (Å²) in [6.45, 7) is 0. The van der Waals surface area contributed by atoms with Gasteiger partial charge in [0.2, 0.25) is 0 Å². The molecule has 10 aromatic rings. The maximum Gasteiger partial charge on any atom is 0.136 e. The smallest absolute Gasteiger partial charge is 0.136 e. The second kappa shape index (κ2) is 13.4. The van der Waals surface area contributed by atoms with Crippen LogP contribution in [0.2, 0.25) is 0 Å². The lowest BCUT2D eigenvalue weighted by Crippen LogP contribution is -2.10. The SMILES string of the molecule is [2H]c1c([2H])c(N(c2ccc(-c3ccccc3)cc2)c2cccc(-c3ccccc3)c2)c([2H])c([2H])c1-c1ccc(-c2ccc3c([2H])c([2H])c4oc5cccc([2H])c5c4c3c2[2H])cc1. The molecule has 2 nitrogen and oxygen atoms in total. The number of benzene rings is 9. The van der Waals surface area contributed by atoms with Gasteiger partial charge in [-0.2, -0.15) is 0 Å². The van der Waals surface area contributed by atoms with Gasteiger partial charge in [0.1, 0.15) is 11.2 Å². The van der Waals surface area contributed by atoms with Gasteiger partial charge < -0.3 is 9.32 Å². The Balaban J connectivity index is 1.08. The molecule has 1 heterocycles. The Labute approximate surface area is 326 Å². The predicted molar refractivity (Wildman–Crippen MR) is 228 cm³/mol. The average Bonchev–Trinajstić information content (AvgIpc) is 3.71. The van der Waals surface area contributed by atoms with Crippen LogP contribution < -0.4 is 4.90 Å². The van der Waals surface area contributed by atoms with Crippen molar-refractivity contribution in [1.29, 1.82) is 0 Å². The molecular formula is C52H35NO. The lowest BCUT2D eigenvalue weighted by atomic mass is 9.96. The molecule has 0 N–H and O–H groups in total. The van der Waals surface area contributed by atoms with Crippen LogP contribution in [0.25, 0.3) is 77.2 Å². The van der Waals surface area contributed by atoms with Crippen molar-refractivity contribution in [3.8, 4) is 44.5 Å². The Hall–Kier alpha value is -7.16. The molecule has 0 aliphatic heterocycles. The fraction of sp³-hybridized carbons (Fsp3) is 0. The largest absolute Gasteiger partial charge is 0.456 e. The summed E-state index contributed by atoms with van der Waals surface area (Å²) in [5, 5.41) is 1.78. The Morgan fingerprint density at radius 2 is 0.944 bits per heavy atom. The summed E-state index contributed by atoms with van der Waals surface area (Å²) in [5.41, 5.74) is 7.85. The molecule has 0 amide bonds. The lowest BCUT2D eigenvalue weighted by Gasteiger charge is -2.26. The third-order valence-electron chi connectivity index (χ3n) is 9.78. The quantitative estimate of drug-likeness (QED) is 0.165. The van der Waals surface area contributed by atoms with Gasteiger partial charge in [-0.05, 0) is 110 Å². The van der Waals surface area contributed by atoms with Crippen LogP contribution in [0.1, 0.15) is 11.0 Å². The fourth-order valence-electron chi connectivity index (χ4n) is 7.06. The van der Waals surface area contributed by atoms with E-state index in [1.54, 1.807) is 59.5 Å². The lowest BCUT2D eigenvalue weighted by molar-refractivity contribution is 0.669. The topological polar surface area (TPSA) is 16.4 Å². The number of furan rings is 1. The van der Waals surface area contributed by atoms with Crippen molar-refractivity contribution >= 4 is 49.8 Å². The zero-order chi connectivity index (χ0) is 42.8. The van der Waals surface area contributed by atoms with Gasteiger partial charge in [-0.15, -0.1) is 0 Å². The van der Waals surface area contributed by atoms with Crippen LogP contribution in [0.3, 0.4) is 0 Å². The molecule has 0 aliphatic rings. The summed E-state index contributed by atoms with van der Waals surface area (Å²) in [5.74, 6) is 0. The Morgan fingerprint density at radius 3 is 1.69 bits per heavy atom. The summed E-state index contributed by atoms with van der Waals surface area (Å²) >= 11 is 0. The minimum atomic E-state index is -0.199. The van der Waals surface area contributed by atoms with Crippen molar-refractivity contribution in [2.75, 3.05) is 4.90 Å². The van der Waals surface area contributed by atoms with E-state index in [4.69, 9.17) is 8.53 Å². The second-order valence-corrected chi connectivity index (χ2v) is 13.1. The molecule has 54 heavy (non-hydrogen) atoms. The van der Waals surface area contributed by atoms with Crippen molar-refractivity contribution in [3.63, 3.8) is 0 Å². The van der Waals surface area contributed by atoms with E-state index in [1.165, 1.54) is 0 Å². The first-order chi connectivity index (χ1) is 30.1. The zero-order valence-corrected chi connectivity index (χ0v) is 28.9. The molecule has 9 aromatic carbocycles. The number of anilines is 3. The van der Waals surface area contributed by atoms with Crippen LogP contribution in [0, 0.1) is 0 Å². The first-order valence-corrected chi connectivity index (χ1v) is 17.8. The molecule has 0 fully saturated rings. The van der Waals surface area contributed by atoms with E-state index in [-0.39, 0.29) is 65.2 Å². The van der Waals surface area contributed by atoms with Gasteiger partial charge in [-0.3, -0.25) is 0 Å². The number of hydrogen-bond donors (Lipinski definition) is 0. The van der Waals surface area contributed by atoms with Gasteiger partial charge in [-0.25, -0.2) is 0 Å². The molecule has 0 saturated carbocycles. The summed E-state index contributed by atoms with van der Waals surface area (Å²) in [4.78, 5) is 1.79. The van der Waals surface area contributed by atoms with Crippen molar-refractivity contribution in [1.82, 2.24) is 0 Å². The zero-order valence-electron chi connectivity index (χ0n) is 36.9. The van der Waals surface area contributed by atoms with Gasteiger partial charge in [0, 0.05) is 27.8 Å². The van der Waals surface area contributed by atoms with E-state index in [0.717, 1.165) is 22.3 Å². The molecule has 0 saturated heterocycles. The number of rotatable bonds is 7. The highest BCUT2D eigenvalue weighted by Gasteiger charge is 2.15. The van der Waals surface area contributed by atoms with Gasteiger partial charge in [-0.1, -0.05) is 158 Å². The van der Waals surface area contributed by atoms with E-state index in [0.29, 0.717) is 55.2 Å². The molecule has 0 atom stereocenters. The Bertz CT molecular complexity index is 3340. The highest BCUT2D eigenvalue weighted by atomic mass is 16.3. The second-order valence-electron chi connectivity index (χ2n) is 13.1. The van der Waals surface area contributed by atoms with E-state index in [1.807, 2.05) is 109 Å². The molecule has 0 bridgehead atoms. The molecule has 0 unspecified atom stereocenters. The van der Waals surface area contributed by atoms with E-state index in [2.05, 4.69) is 0 Å². The number of hydrogen-bond acceptors (Lipinski definition) is 2. The predicted octanol–water partition coefficient (Wildman–Crippen LogP) is 14.9. The first kappa shape index (κ1) is 24.2. The summed E-state index contributed by atoms with van der Waals surface area (Å²) in [6.07, 6.45) is 0. The standard InChI is InChI=1S/C52H35NO/c1-3-10-36(11-4-1)39-24-29-45(30-25-39)53(47-15-9-14-43(34-47)37-12-5-2-6-13-37)46-31-26-40(27-32-46)38-18-20-41(21-19-38)44-23-22-42-28-33-51-52(49(42)35-44)48-16-7-8-17-50(48)54-51/h1-35H/i16D,26D,27D,28D,31D,32D,33D,35D. The molecule has 1 aromatic heterocycles. The van der Waals surface area contributed by atoms with Crippen LogP contribution >= 0.6 is 0 Å². The van der Waals surface area contributed by atoms with Crippen LogP contribution in [0.4, 0.5) is 17.1 Å². The minimum absolute atomic E-state index is 0.0630. The van der Waals surface area contributed by atoms with Crippen LogP contribution in [-0.4, -0.2) is 0 Å². The summed E-state index contributed by atoms with van der Waals surface area (Å²) in [7, 11) is 0. The van der Waals surface area contributed by atoms with E-state index < -0.39 is 0 Å². The number of fused-ring (bicyclic) bond motifs is 5. The van der Waals surface area contributed by atoms with Gasteiger partial charge in [0.15, 0.2) is 0 Å². The number of para-hydroxylation sites is 1. The number of nitrogens with zero attached hydrogens (tertiary/aromatic N) is 1. The highest BCUT2D eigenvalue weighted by Crippen LogP contribution is 2.40. The highest BCUT2D eigenvalue weighted by molar-refractivity contribution is 6.19. The molecule has 10 rings (SSSR count). The van der Waals surface area contributed by atoms with Crippen molar-refractivity contribution in [3.05, 3.63) is 212 Å². The van der Waals surface area contributed by atoms with Crippen LogP contribution in [-0.2, 0) is 0 Å². The Morgan fingerprint density at radius 1 is 0.352 bits per heavy atom. The molecule has 0 radical (unpaired) electrons. The van der Waals surface area contributed by atoms with Crippen LogP contribution in [0.15, 0.2) is 217 Å². The minimum Gasteiger partial charge on any atom is -0.456 e. The first-order valence-electron chi connectivity index (χ1n) is 21.8. The molecule has 2 heteroatoms. The summed E-state index contributed by atoms with van der Waals surface area (Å²) in [6, 6.07) is 50.6. The fourth-order valence-corrected chi connectivity index (χ4v) is 7.06. The Kier molecular flexibility index (Phi) is 6.01. The van der Waals surface area contributed by atoms with Crippen LogP contribution in [0.5, 0.6) is 0 Å². The van der Waals surface area contributed by atoms with Gasteiger partial charge >= 0.3 is 0 Å². The molecule has 0 spiro atoms. The van der Waals surface area contributed by atoms with Crippen molar-refractivity contribution in [2.45, 2.75) is 0 Å².